The molecule has 0 bridgehead atoms. The maximum Gasteiger partial charge on any atom is 0.300 e. The van der Waals surface area contributed by atoms with Crippen molar-refractivity contribution in [3.05, 3.63) is 41.6 Å². The molecule has 0 aliphatic heterocycles. The van der Waals surface area contributed by atoms with E-state index >= 15 is 0 Å². The molecule has 0 radical (unpaired) electrons. The number of carbonyl (C=O) groups excluding carboxylic acids is 2. The van der Waals surface area contributed by atoms with Crippen molar-refractivity contribution in [2.45, 2.75) is 6.54 Å². The van der Waals surface area contributed by atoms with E-state index in [1.807, 2.05) is 5.43 Å². The summed E-state index contributed by atoms with van der Waals surface area (Å²) >= 11 is 0. The van der Waals surface area contributed by atoms with Crippen molar-refractivity contribution >= 4 is 11.8 Å². The van der Waals surface area contributed by atoms with E-state index in [0.29, 0.717) is 5.76 Å². The predicted octanol–water partition coefficient (Wildman–Crippen LogP) is -0.773. The lowest BCUT2D eigenvalue weighted by Gasteiger charge is -1.98. The molecular weight excluding hydrogens is 238 g/mol. The second-order valence-electron chi connectivity index (χ2n) is 3.50. The minimum atomic E-state index is -0.601. The van der Waals surface area contributed by atoms with Gasteiger partial charge in [-0.1, -0.05) is 0 Å². The van der Waals surface area contributed by atoms with Crippen LogP contribution in [0.5, 0.6) is 0 Å². The highest BCUT2D eigenvalue weighted by Crippen LogP contribution is 2.09. The number of carbonyl (C=O) groups is 2. The van der Waals surface area contributed by atoms with E-state index in [0.717, 1.165) is 0 Å². The average Bonchev–Trinajstić information content (AvgIpc) is 2.98. The van der Waals surface area contributed by atoms with Crippen LogP contribution in [0.1, 0.15) is 26.8 Å². The van der Waals surface area contributed by atoms with Crippen molar-refractivity contribution in [3.63, 3.8) is 0 Å². The van der Waals surface area contributed by atoms with Gasteiger partial charge in [0.25, 0.3) is 5.91 Å². The Balaban J connectivity index is 2.11. The number of furan rings is 1. The Morgan fingerprint density at radius 3 is 2.78 bits per heavy atom. The lowest BCUT2D eigenvalue weighted by Crippen LogP contribution is -2.29. The zero-order valence-corrected chi connectivity index (χ0v) is 9.29. The minimum Gasteiger partial charge on any atom is -0.454 e. The van der Waals surface area contributed by atoms with Crippen LogP contribution in [0.3, 0.4) is 0 Å². The van der Waals surface area contributed by atoms with Crippen LogP contribution in [-0.4, -0.2) is 21.6 Å². The zero-order chi connectivity index (χ0) is 13.1. The summed E-state index contributed by atoms with van der Waals surface area (Å²) in [5.74, 6) is 4.47. The molecule has 2 amide bonds. The molecule has 0 spiro atoms. The van der Waals surface area contributed by atoms with E-state index in [1.165, 1.54) is 16.8 Å². The van der Waals surface area contributed by atoms with E-state index in [2.05, 4.69) is 5.10 Å². The Morgan fingerprint density at radius 1 is 1.39 bits per heavy atom. The molecule has 2 rings (SSSR count). The fourth-order valence-corrected chi connectivity index (χ4v) is 1.40. The highest BCUT2D eigenvalue weighted by Gasteiger charge is 2.11. The normalized spacial score (nSPS) is 10.3. The molecule has 0 unspecified atom stereocenters. The third-order valence-electron chi connectivity index (χ3n) is 2.23. The van der Waals surface area contributed by atoms with E-state index in [4.69, 9.17) is 16.0 Å². The van der Waals surface area contributed by atoms with Crippen LogP contribution in [0.25, 0.3) is 0 Å². The van der Waals surface area contributed by atoms with Crippen molar-refractivity contribution in [2.24, 2.45) is 11.6 Å². The van der Waals surface area contributed by atoms with Crippen LogP contribution in [0.2, 0.25) is 0 Å². The predicted molar refractivity (Wildman–Crippen MR) is 60.2 cm³/mol. The van der Waals surface area contributed by atoms with Crippen LogP contribution in [0.4, 0.5) is 0 Å². The highest BCUT2D eigenvalue weighted by atomic mass is 16.4. The molecule has 0 fully saturated rings. The number of nitrogens with zero attached hydrogens (tertiary/aromatic N) is 2. The smallest absolute Gasteiger partial charge is 0.300 e. The minimum absolute atomic E-state index is 0.106. The first-order chi connectivity index (χ1) is 8.60. The molecule has 0 aliphatic rings. The van der Waals surface area contributed by atoms with Gasteiger partial charge in [0.1, 0.15) is 11.5 Å². The van der Waals surface area contributed by atoms with Crippen LogP contribution < -0.4 is 17.0 Å². The SMILES string of the molecule is NNC(=O)c1ccc(Cn2ccc(C(N)=O)n2)o1. The van der Waals surface area contributed by atoms with Gasteiger partial charge in [0.2, 0.25) is 0 Å². The molecule has 5 N–H and O–H groups in total. The van der Waals surface area contributed by atoms with Gasteiger partial charge in [0.15, 0.2) is 5.76 Å². The summed E-state index contributed by atoms with van der Waals surface area (Å²) in [6.45, 7) is 0.283. The fourth-order valence-electron chi connectivity index (χ4n) is 1.40. The molecule has 2 aromatic rings. The van der Waals surface area contributed by atoms with Gasteiger partial charge in [-0.3, -0.25) is 19.7 Å². The van der Waals surface area contributed by atoms with Crippen molar-refractivity contribution in [2.75, 3.05) is 0 Å². The molecule has 0 aromatic carbocycles. The molecule has 2 aromatic heterocycles. The monoisotopic (exact) mass is 249 g/mol. The van der Waals surface area contributed by atoms with Gasteiger partial charge in [-0.05, 0) is 18.2 Å². The molecule has 18 heavy (non-hydrogen) atoms. The van der Waals surface area contributed by atoms with Gasteiger partial charge >= 0.3 is 5.91 Å². The number of hydrogen-bond acceptors (Lipinski definition) is 5. The fraction of sp³-hybridized carbons (Fsp3) is 0.100. The zero-order valence-electron chi connectivity index (χ0n) is 9.29. The van der Waals surface area contributed by atoms with E-state index in [-0.39, 0.29) is 18.0 Å². The number of primary amides is 1. The summed E-state index contributed by atoms with van der Waals surface area (Å²) in [6, 6.07) is 4.62. The maximum atomic E-state index is 11.2. The molecule has 0 saturated heterocycles. The number of nitrogen functional groups attached to an aromatic ring is 1. The third-order valence-corrected chi connectivity index (χ3v) is 2.23. The summed E-state index contributed by atoms with van der Waals surface area (Å²) in [4.78, 5) is 22.0. The average molecular weight is 249 g/mol. The first-order valence-corrected chi connectivity index (χ1v) is 5.03. The summed E-state index contributed by atoms with van der Waals surface area (Å²) in [7, 11) is 0. The lowest BCUT2D eigenvalue weighted by molar-refractivity contribution is 0.0923. The summed E-state index contributed by atoms with van der Waals surface area (Å²) in [5, 5.41) is 3.94. The molecular formula is C10H11N5O3. The first-order valence-electron chi connectivity index (χ1n) is 5.03. The van der Waals surface area contributed by atoms with Gasteiger partial charge in [-0.15, -0.1) is 0 Å². The van der Waals surface area contributed by atoms with Crippen molar-refractivity contribution in [1.29, 1.82) is 0 Å². The van der Waals surface area contributed by atoms with Crippen LogP contribution in [0.15, 0.2) is 28.8 Å². The van der Waals surface area contributed by atoms with Gasteiger partial charge in [0.05, 0.1) is 6.54 Å². The largest absolute Gasteiger partial charge is 0.454 e. The number of hydrogen-bond donors (Lipinski definition) is 3. The third kappa shape index (κ3) is 2.38. The van der Waals surface area contributed by atoms with E-state index in [1.54, 1.807) is 12.3 Å². The Kier molecular flexibility index (Phi) is 3.11. The van der Waals surface area contributed by atoms with Crippen LogP contribution in [0, 0.1) is 0 Å². The van der Waals surface area contributed by atoms with Crippen molar-refractivity contribution in [3.8, 4) is 0 Å². The molecule has 8 nitrogen and oxygen atoms in total. The van der Waals surface area contributed by atoms with E-state index in [9.17, 15) is 9.59 Å². The van der Waals surface area contributed by atoms with Gasteiger partial charge < -0.3 is 10.2 Å². The Bertz CT molecular complexity index is 586. The number of nitrogens with one attached hydrogen (secondary N) is 1. The Hall–Kier alpha value is -2.61. The lowest BCUT2D eigenvalue weighted by atomic mass is 10.4. The maximum absolute atomic E-state index is 11.2. The number of rotatable bonds is 4. The molecule has 0 saturated carbocycles. The van der Waals surface area contributed by atoms with E-state index < -0.39 is 11.8 Å². The summed E-state index contributed by atoms with van der Waals surface area (Å²) < 4.78 is 6.72. The van der Waals surface area contributed by atoms with Crippen LogP contribution in [-0.2, 0) is 6.54 Å². The number of amides is 2. The second kappa shape index (κ2) is 4.72. The Morgan fingerprint density at radius 2 is 2.17 bits per heavy atom. The molecule has 94 valence electrons. The number of aromatic nitrogens is 2. The summed E-state index contributed by atoms with van der Waals surface area (Å²) in [6.07, 6.45) is 1.59. The second-order valence-corrected chi connectivity index (χ2v) is 3.50. The van der Waals surface area contributed by atoms with Crippen molar-refractivity contribution < 1.29 is 14.0 Å². The first kappa shape index (κ1) is 11.9. The van der Waals surface area contributed by atoms with Gasteiger partial charge in [0, 0.05) is 6.20 Å². The molecule has 8 heteroatoms. The quantitative estimate of drug-likeness (QED) is 0.372. The number of hydrazine groups is 1. The highest BCUT2D eigenvalue weighted by molar-refractivity contribution is 5.91. The molecule has 0 atom stereocenters. The topological polar surface area (TPSA) is 129 Å². The van der Waals surface area contributed by atoms with Gasteiger partial charge in [-0.2, -0.15) is 5.10 Å². The number of nitrogens with two attached hydrogens (primary N) is 2. The summed E-state index contributed by atoms with van der Waals surface area (Å²) in [5.41, 5.74) is 7.21. The molecule has 2 heterocycles. The molecule has 0 aliphatic carbocycles. The van der Waals surface area contributed by atoms with Crippen LogP contribution >= 0.6 is 0 Å². The van der Waals surface area contributed by atoms with Crippen molar-refractivity contribution in [1.82, 2.24) is 15.2 Å². The Labute approximate surface area is 102 Å². The standard InChI is InChI=1S/C10H11N5O3/c11-9(16)7-3-4-15(14-7)5-6-1-2-8(18-6)10(17)13-12/h1-4H,5,12H2,(H2,11,16)(H,13,17). The van der Waals surface area contributed by atoms with Gasteiger partial charge in [-0.25, -0.2) is 5.84 Å².